The van der Waals surface area contributed by atoms with Gasteiger partial charge in [0.05, 0.1) is 17.3 Å². The molecule has 3 N–H and O–H groups in total. The molecular formula is C21H34ClN5O2. The molecule has 0 aromatic heterocycles. The van der Waals surface area contributed by atoms with Crippen molar-refractivity contribution in [2.75, 3.05) is 49.5 Å². The summed E-state index contributed by atoms with van der Waals surface area (Å²) in [5.74, 6) is 0.548. The smallest absolute Gasteiger partial charge is 0.319 e. The lowest BCUT2D eigenvalue weighted by atomic mass is 10.0. The van der Waals surface area contributed by atoms with Crippen molar-refractivity contribution in [2.45, 2.75) is 40.2 Å². The number of rotatable bonds is 9. The number of piperazine rings is 1. The van der Waals surface area contributed by atoms with Crippen molar-refractivity contribution in [2.24, 2.45) is 5.92 Å². The predicted molar refractivity (Wildman–Crippen MR) is 120 cm³/mol. The zero-order valence-corrected chi connectivity index (χ0v) is 18.7. The second-order valence-electron chi connectivity index (χ2n) is 7.78. The van der Waals surface area contributed by atoms with Gasteiger partial charge < -0.3 is 20.9 Å². The highest BCUT2D eigenvalue weighted by molar-refractivity contribution is 6.33. The summed E-state index contributed by atoms with van der Waals surface area (Å²) >= 11 is 6.41. The van der Waals surface area contributed by atoms with Crippen LogP contribution in [-0.4, -0.2) is 62.1 Å². The Hall–Kier alpha value is -1.99. The van der Waals surface area contributed by atoms with Gasteiger partial charge >= 0.3 is 6.03 Å². The largest absolute Gasteiger partial charge is 0.359 e. The van der Waals surface area contributed by atoms with Crippen LogP contribution in [0.15, 0.2) is 18.2 Å². The van der Waals surface area contributed by atoms with Gasteiger partial charge in [0.2, 0.25) is 5.91 Å². The number of halogens is 1. The quantitative estimate of drug-likeness (QED) is 0.570. The Morgan fingerprint density at radius 1 is 1.31 bits per heavy atom. The van der Waals surface area contributed by atoms with Crippen LogP contribution in [0.5, 0.6) is 0 Å². The van der Waals surface area contributed by atoms with Crippen molar-refractivity contribution in [3.63, 3.8) is 0 Å². The van der Waals surface area contributed by atoms with Crippen LogP contribution >= 0.6 is 11.6 Å². The minimum Gasteiger partial charge on any atom is -0.359 e. The number of urea groups is 1. The van der Waals surface area contributed by atoms with Crippen LogP contribution in [0, 0.1) is 5.92 Å². The van der Waals surface area contributed by atoms with Crippen molar-refractivity contribution in [3.05, 3.63) is 23.2 Å². The van der Waals surface area contributed by atoms with Crippen molar-refractivity contribution in [1.29, 1.82) is 0 Å². The van der Waals surface area contributed by atoms with E-state index >= 15 is 0 Å². The van der Waals surface area contributed by atoms with Crippen molar-refractivity contribution in [3.8, 4) is 0 Å². The summed E-state index contributed by atoms with van der Waals surface area (Å²) < 4.78 is 0. The molecule has 1 atom stereocenters. The number of anilines is 2. The van der Waals surface area contributed by atoms with Crippen LogP contribution in [0.1, 0.15) is 34.1 Å². The first kappa shape index (κ1) is 23.3. The van der Waals surface area contributed by atoms with Crippen LogP contribution in [0.4, 0.5) is 16.2 Å². The van der Waals surface area contributed by atoms with E-state index in [0.29, 0.717) is 42.3 Å². The minimum absolute atomic E-state index is 0.0157. The van der Waals surface area contributed by atoms with Gasteiger partial charge in [-0.25, -0.2) is 4.79 Å². The van der Waals surface area contributed by atoms with E-state index in [1.165, 1.54) is 0 Å². The van der Waals surface area contributed by atoms with E-state index in [-0.39, 0.29) is 18.5 Å². The number of hydrogen-bond acceptors (Lipinski definition) is 4. The Kier molecular flexibility index (Phi) is 9.04. The number of nitrogens with one attached hydrogen (secondary N) is 3. The first-order valence-electron chi connectivity index (χ1n) is 10.4. The third-order valence-corrected chi connectivity index (χ3v) is 5.46. The predicted octanol–water partition coefficient (Wildman–Crippen LogP) is 3.15. The Morgan fingerprint density at radius 2 is 2.03 bits per heavy atom. The van der Waals surface area contributed by atoms with Crippen LogP contribution < -0.4 is 20.9 Å². The highest BCUT2D eigenvalue weighted by Crippen LogP contribution is 2.29. The average Bonchev–Trinajstić information content (AvgIpc) is 2.66. The topological polar surface area (TPSA) is 76.7 Å². The third kappa shape index (κ3) is 7.08. The van der Waals surface area contributed by atoms with Gasteiger partial charge in [0.25, 0.3) is 0 Å². The van der Waals surface area contributed by atoms with E-state index in [9.17, 15) is 9.59 Å². The van der Waals surface area contributed by atoms with E-state index in [0.717, 1.165) is 25.2 Å². The monoisotopic (exact) mass is 423 g/mol. The summed E-state index contributed by atoms with van der Waals surface area (Å²) in [6, 6.07) is 5.44. The lowest BCUT2D eigenvalue weighted by molar-refractivity contribution is -0.120. The van der Waals surface area contributed by atoms with Gasteiger partial charge in [-0.2, -0.15) is 0 Å². The van der Waals surface area contributed by atoms with Gasteiger partial charge in [-0.1, -0.05) is 39.3 Å². The second-order valence-corrected chi connectivity index (χ2v) is 8.18. The summed E-state index contributed by atoms with van der Waals surface area (Å²) in [6.07, 6.45) is 1.03. The molecule has 1 fully saturated rings. The number of hydrogen-bond donors (Lipinski definition) is 3. The fraction of sp³-hybridized carbons (Fsp3) is 0.619. The molecule has 29 heavy (non-hydrogen) atoms. The number of amides is 3. The molecule has 0 radical (unpaired) electrons. The zero-order valence-electron chi connectivity index (χ0n) is 17.9. The van der Waals surface area contributed by atoms with E-state index in [4.69, 9.17) is 11.6 Å². The van der Waals surface area contributed by atoms with Gasteiger partial charge in [0, 0.05) is 31.4 Å². The van der Waals surface area contributed by atoms with Crippen molar-refractivity contribution < 1.29 is 9.59 Å². The first-order chi connectivity index (χ1) is 13.8. The van der Waals surface area contributed by atoms with Crippen LogP contribution in [0.25, 0.3) is 0 Å². The van der Waals surface area contributed by atoms with Gasteiger partial charge in [0.1, 0.15) is 0 Å². The normalized spacial score (nSPS) is 15.4. The van der Waals surface area contributed by atoms with E-state index in [1.54, 1.807) is 6.07 Å². The molecule has 0 saturated carbocycles. The Balaban J connectivity index is 1.94. The number of carbonyl (C=O) groups is 2. The lowest BCUT2D eigenvalue weighted by Crippen LogP contribution is -2.47. The summed E-state index contributed by atoms with van der Waals surface area (Å²) in [7, 11) is 0. The molecule has 1 heterocycles. The van der Waals surface area contributed by atoms with E-state index < -0.39 is 0 Å². The highest BCUT2D eigenvalue weighted by Gasteiger charge is 2.20. The van der Waals surface area contributed by atoms with Crippen LogP contribution in [0.3, 0.4) is 0 Å². The SMILES string of the molecule is CCN(CC)C(CNC(=O)Nc1ccc(N2CCNC(=O)C2)c(Cl)c1)CC(C)C. The molecule has 0 bridgehead atoms. The molecule has 2 rings (SSSR count). The maximum Gasteiger partial charge on any atom is 0.319 e. The Bertz CT molecular complexity index is 694. The number of carbonyl (C=O) groups excluding carboxylic acids is 2. The minimum atomic E-state index is -0.243. The number of likely N-dealkylation sites (N-methyl/N-ethyl adjacent to an activating group) is 1. The fourth-order valence-corrected chi connectivity index (χ4v) is 4.02. The summed E-state index contributed by atoms with van der Waals surface area (Å²) in [5.41, 5.74) is 1.42. The number of benzene rings is 1. The molecule has 3 amide bonds. The Morgan fingerprint density at radius 3 is 2.62 bits per heavy atom. The molecule has 8 heteroatoms. The molecule has 1 saturated heterocycles. The average molecular weight is 424 g/mol. The first-order valence-corrected chi connectivity index (χ1v) is 10.8. The van der Waals surface area contributed by atoms with Crippen molar-refractivity contribution in [1.82, 2.24) is 15.5 Å². The molecule has 1 unspecified atom stereocenters. The molecule has 1 aliphatic rings. The summed E-state index contributed by atoms with van der Waals surface area (Å²) in [5, 5.41) is 9.15. The lowest BCUT2D eigenvalue weighted by Gasteiger charge is -2.31. The second kappa shape index (κ2) is 11.3. The molecule has 162 valence electrons. The van der Waals surface area contributed by atoms with Crippen LogP contribution in [0.2, 0.25) is 5.02 Å². The maximum absolute atomic E-state index is 12.4. The van der Waals surface area contributed by atoms with Gasteiger partial charge in [-0.3, -0.25) is 9.69 Å². The Labute approximate surface area is 179 Å². The van der Waals surface area contributed by atoms with Crippen molar-refractivity contribution >= 4 is 34.9 Å². The standard InChI is InChI=1S/C21H34ClN5O2/c1-5-26(6-2)17(11-15(3)4)13-24-21(29)25-16-7-8-19(18(22)12-16)27-10-9-23-20(28)14-27/h7-8,12,15,17H,5-6,9-11,13-14H2,1-4H3,(H,23,28)(H2,24,25,29). The van der Waals surface area contributed by atoms with Gasteiger partial charge in [-0.05, 0) is 43.6 Å². The molecule has 1 aliphatic heterocycles. The highest BCUT2D eigenvalue weighted by atomic mass is 35.5. The number of nitrogens with zero attached hydrogens (tertiary/aromatic N) is 2. The molecule has 0 aliphatic carbocycles. The fourth-order valence-electron chi connectivity index (χ4n) is 3.72. The van der Waals surface area contributed by atoms with E-state index in [2.05, 4.69) is 48.5 Å². The molecule has 0 spiro atoms. The van der Waals surface area contributed by atoms with E-state index in [1.807, 2.05) is 17.0 Å². The van der Waals surface area contributed by atoms with Crippen LogP contribution in [-0.2, 0) is 4.79 Å². The van der Waals surface area contributed by atoms with Gasteiger partial charge in [-0.15, -0.1) is 0 Å². The third-order valence-electron chi connectivity index (χ3n) is 5.16. The maximum atomic E-state index is 12.4. The molecule has 1 aromatic rings. The zero-order chi connectivity index (χ0) is 21.4. The summed E-state index contributed by atoms with van der Waals surface area (Å²) in [4.78, 5) is 28.3. The van der Waals surface area contributed by atoms with Gasteiger partial charge in [0.15, 0.2) is 0 Å². The molecule has 1 aromatic carbocycles. The summed E-state index contributed by atoms with van der Waals surface area (Å²) in [6.45, 7) is 12.8. The molecular weight excluding hydrogens is 390 g/mol. The molecule has 7 nitrogen and oxygen atoms in total.